The first-order chi connectivity index (χ1) is 15.4. The zero-order valence-electron chi connectivity index (χ0n) is 19.5. The van der Waals surface area contributed by atoms with E-state index in [0.717, 1.165) is 36.2 Å². The molecule has 1 aromatic rings. The summed E-state index contributed by atoms with van der Waals surface area (Å²) >= 11 is 0. The summed E-state index contributed by atoms with van der Waals surface area (Å²) in [5.41, 5.74) is 1.13. The van der Waals surface area contributed by atoms with Gasteiger partial charge in [-0.05, 0) is 79.9 Å². The van der Waals surface area contributed by atoms with E-state index in [2.05, 4.69) is 11.7 Å². The lowest BCUT2D eigenvalue weighted by Gasteiger charge is -2.38. The molecule has 1 atom stereocenters. The van der Waals surface area contributed by atoms with Gasteiger partial charge in [0.15, 0.2) is 0 Å². The quantitative estimate of drug-likeness (QED) is 0.252. The SMILES string of the molecule is CCCCCCC[C@H]1CC[C@H]([C@H]2CC[C@H](c3ccc(OC(F)C(F)(F)F)cc3)CC2)CC1. The Bertz CT molecular complexity index is 641. The van der Waals surface area contributed by atoms with Gasteiger partial charge in [0.25, 0.3) is 0 Å². The van der Waals surface area contributed by atoms with E-state index < -0.39 is 12.5 Å². The van der Waals surface area contributed by atoms with E-state index in [0.29, 0.717) is 5.92 Å². The van der Waals surface area contributed by atoms with Crippen molar-refractivity contribution in [3.63, 3.8) is 0 Å². The van der Waals surface area contributed by atoms with Crippen molar-refractivity contribution in [2.75, 3.05) is 0 Å². The van der Waals surface area contributed by atoms with Gasteiger partial charge in [-0.25, -0.2) is 0 Å². The summed E-state index contributed by atoms with van der Waals surface area (Å²) in [6.07, 6.45) is 10.4. The molecule has 1 nitrogen and oxygen atoms in total. The lowest BCUT2D eigenvalue weighted by atomic mass is 9.68. The molecular formula is C27H40F4O. The number of ether oxygens (including phenoxy) is 1. The number of benzene rings is 1. The molecule has 3 rings (SSSR count). The second-order valence-corrected chi connectivity index (χ2v) is 10.1. The second kappa shape index (κ2) is 12.3. The third-order valence-corrected chi connectivity index (χ3v) is 7.89. The Morgan fingerprint density at radius 1 is 0.812 bits per heavy atom. The minimum atomic E-state index is -5.00. The summed E-state index contributed by atoms with van der Waals surface area (Å²) in [7, 11) is 0. The van der Waals surface area contributed by atoms with Crippen LogP contribution in [-0.4, -0.2) is 12.5 Å². The predicted molar refractivity (Wildman–Crippen MR) is 122 cm³/mol. The summed E-state index contributed by atoms with van der Waals surface area (Å²) in [4.78, 5) is 0. The van der Waals surface area contributed by atoms with Crippen molar-refractivity contribution in [1.82, 2.24) is 0 Å². The first kappa shape index (κ1) is 25.4. The zero-order chi connectivity index (χ0) is 23.0. The van der Waals surface area contributed by atoms with Gasteiger partial charge in [0.05, 0.1) is 0 Å². The molecular weight excluding hydrogens is 416 g/mol. The fraction of sp³-hybridized carbons (Fsp3) is 0.778. The molecule has 0 heterocycles. The monoisotopic (exact) mass is 456 g/mol. The molecule has 5 heteroatoms. The van der Waals surface area contributed by atoms with Crippen molar-refractivity contribution < 1.29 is 22.3 Å². The fourth-order valence-corrected chi connectivity index (χ4v) is 5.91. The summed E-state index contributed by atoms with van der Waals surface area (Å²) in [6, 6.07) is 6.52. The molecule has 1 unspecified atom stereocenters. The number of halogens is 4. The number of hydrogen-bond donors (Lipinski definition) is 0. The maximum Gasteiger partial charge on any atom is 0.457 e. The minimum absolute atomic E-state index is 0.0746. The van der Waals surface area contributed by atoms with E-state index in [9.17, 15) is 17.6 Å². The molecule has 0 aromatic heterocycles. The first-order valence-electron chi connectivity index (χ1n) is 12.8. The molecule has 2 aliphatic carbocycles. The van der Waals surface area contributed by atoms with Crippen molar-refractivity contribution in [3.05, 3.63) is 29.8 Å². The van der Waals surface area contributed by atoms with E-state index in [1.807, 2.05) is 0 Å². The predicted octanol–water partition coefficient (Wildman–Crippen LogP) is 9.36. The van der Waals surface area contributed by atoms with E-state index in [1.54, 1.807) is 12.1 Å². The molecule has 0 amide bonds. The minimum Gasteiger partial charge on any atom is -0.452 e. The molecule has 2 saturated carbocycles. The Kier molecular flexibility index (Phi) is 9.73. The molecule has 2 fully saturated rings. The van der Waals surface area contributed by atoms with Gasteiger partial charge >= 0.3 is 12.5 Å². The third kappa shape index (κ3) is 7.66. The molecule has 2 aliphatic rings. The maximum atomic E-state index is 13.1. The highest BCUT2D eigenvalue weighted by Crippen LogP contribution is 2.44. The number of hydrogen-bond acceptors (Lipinski definition) is 1. The van der Waals surface area contributed by atoms with Crippen LogP contribution in [0.4, 0.5) is 17.6 Å². The molecule has 0 bridgehead atoms. The summed E-state index contributed by atoms with van der Waals surface area (Å²) in [5, 5.41) is 0. The number of rotatable bonds is 10. The van der Waals surface area contributed by atoms with Crippen LogP contribution in [0.3, 0.4) is 0 Å². The highest BCUT2D eigenvalue weighted by Gasteiger charge is 2.42. The number of unbranched alkanes of at least 4 members (excludes halogenated alkanes) is 4. The first-order valence-corrected chi connectivity index (χ1v) is 12.8. The topological polar surface area (TPSA) is 9.23 Å². The highest BCUT2D eigenvalue weighted by molar-refractivity contribution is 5.30. The smallest absolute Gasteiger partial charge is 0.452 e. The van der Waals surface area contributed by atoms with Crippen molar-refractivity contribution in [2.45, 2.75) is 115 Å². The molecule has 0 N–H and O–H groups in total. The van der Waals surface area contributed by atoms with Crippen LogP contribution in [0.15, 0.2) is 24.3 Å². The van der Waals surface area contributed by atoms with Gasteiger partial charge in [-0.15, -0.1) is 0 Å². The lowest BCUT2D eigenvalue weighted by molar-refractivity contribution is -0.236. The van der Waals surface area contributed by atoms with Crippen LogP contribution in [-0.2, 0) is 0 Å². The van der Waals surface area contributed by atoms with Crippen LogP contribution in [0.5, 0.6) is 5.75 Å². The summed E-state index contributed by atoms with van der Waals surface area (Å²) < 4.78 is 54.4. The van der Waals surface area contributed by atoms with Gasteiger partial charge in [0.1, 0.15) is 5.75 Å². The molecule has 0 spiro atoms. The van der Waals surface area contributed by atoms with Crippen molar-refractivity contribution in [1.29, 1.82) is 0 Å². The summed E-state index contributed by atoms with van der Waals surface area (Å²) in [5.74, 6) is 3.04. The van der Waals surface area contributed by atoms with Gasteiger partial charge in [-0.1, -0.05) is 70.4 Å². The normalized spacial score (nSPS) is 27.8. The molecule has 0 aliphatic heterocycles. The Morgan fingerprint density at radius 3 is 1.94 bits per heavy atom. The number of alkyl halides is 4. The Morgan fingerprint density at radius 2 is 1.38 bits per heavy atom. The van der Waals surface area contributed by atoms with E-state index in [1.165, 1.54) is 89.2 Å². The van der Waals surface area contributed by atoms with Crippen LogP contribution in [0, 0.1) is 17.8 Å². The Balaban J connectivity index is 1.36. The molecule has 32 heavy (non-hydrogen) atoms. The average molecular weight is 457 g/mol. The van der Waals surface area contributed by atoms with Crippen molar-refractivity contribution in [3.8, 4) is 5.75 Å². The Hall–Kier alpha value is -1.26. The van der Waals surface area contributed by atoms with Crippen LogP contribution in [0.2, 0.25) is 0 Å². The average Bonchev–Trinajstić information content (AvgIpc) is 2.79. The molecule has 0 radical (unpaired) electrons. The van der Waals surface area contributed by atoms with Gasteiger partial charge in [-0.2, -0.15) is 17.6 Å². The largest absolute Gasteiger partial charge is 0.457 e. The third-order valence-electron chi connectivity index (χ3n) is 7.89. The van der Waals surface area contributed by atoms with Gasteiger partial charge in [0, 0.05) is 0 Å². The van der Waals surface area contributed by atoms with Crippen LogP contribution >= 0.6 is 0 Å². The highest BCUT2D eigenvalue weighted by atomic mass is 19.4. The van der Waals surface area contributed by atoms with Crippen LogP contribution in [0.1, 0.15) is 108 Å². The van der Waals surface area contributed by atoms with E-state index >= 15 is 0 Å². The van der Waals surface area contributed by atoms with Gasteiger partial charge in [-0.3, -0.25) is 0 Å². The molecule has 0 saturated heterocycles. The van der Waals surface area contributed by atoms with Crippen molar-refractivity contribution in [2.24, 2.45) is 17.8 Å². The second-order valence-electron chi connectivity index (χ2n) is 10.1. The molecule has 182 valence electrons. The van der Waals surface area contributed by atoms with Gasteiger partial charge in [0.2, 0.25) is 0 Å². The Labute approximate surface area is 191 Å². The van der Waals surface area contributed by atoms with Gasteiger partial charge < -0.3 is 4.74 Å². The fourth-order valence-electron chi connectivity index (χ4n) is 5.91. The maximum absolute atomic E-state index is 13.1. The van der Waals surface area contributed by atoms with Crippen LogP contribution < -0.4 is 4.74 Å². The van der Waals surface area contributed by atoms with E-state index in [-0.39, 0.29) is 5.75 Å². The summed E-state index contributed by atoms with van der Waals surface area (Å²) in [6.45, 7) is 2.27. The van der Waals surface area contributed by atoms with Crippen LogP contribution in [0.25, 0.3) is 0 Å². The van der Waals surface area contributed by atoms with E-state index in [4.69, 9.17) is 0 Å². The van der Waals surface area contributed by atoms with Crippen molar-refractivity contribution >= 4 is 0 Å². The zero-order valence-corrected chi connectivity index (χ0v) is 19.5. The standard InChI is InChI=1S/C27H40F4O/c1-2-3-4-5-6-7-20-8-10-21(11-9-20)22-12-14-23(15-13-22)24-16-18-25(19-17-24)32-26(28)27(29,30)31/h16-23,26H,2-15H2,1H3/t20-,21-,22-,23-,26?. The lowest BCUT2D eigenvalue weighted by Crippen LogP contribution is -2.29. The molecule has 1 aromatic carbocycles.